The quantitative estimate of drug-likeness (QED) is 0.854. The molecule has 2 N–H and O–H groups in total. The summed E-state index contributed by atoms with van der Waals surface area (Å²) < 4.78 is 32.5. The number of alkyl halides is 2. The van der Waals surface area contributed by atoms with E-state index in [2.05, 4.69) is 10.6 Å². The number of fused-ring (bicyclic) bond motifs is 1. The fourth-order valence-corrected chi connectivity index (χ4v) is 3.67. The van der Waals surface area contributed by atoms with Crippen LogP contribution in [0.5, 0.6) is 0 Å². The van der Waals surface area contributed by atoms with Crippen molar-refractivity contribution in [2.45, 2.75) is 43.8 Å². The van der Waals surface area contributed by atoms with Crippen LogP contribution in [-0.4, -0.2) is 51.2 Å². The van der Waals surface area contributed by atoms with Gasteiger partial charge in [0.2, 0.25) is 5.91 Å². The summed E-state index contributed by atoms with van der Waals surface area (Å²) in [5.74, 6) is -2.68. The predicted molar refractivity (Wildman–Crippen MR) is 93.4 cm³/mol. The molecule has 3 rings (SSSR count). The van der Waals surface area contributed by atoms with Gasteiger partial charge in [-0.3, -0.25) is 4.79 Å². The second-order valence-corrected chi connectivity index (χ2v) is 6.81. The zero-order chi connectivity index (χ0) is 18.0. The van der Waals surface area contributed by atoms with Crippen molar-refractivity contribution in [2.24, 2.45) is 0 Å². The molecule has 1 heterocycles. The van der Waals surface area contributed by atoms with Gasteiger partial charge in [-0.1, -0.05) is 6.07 Å². The second kappa shape index (κ2) is 7.15. The van der Waals surface area contributed by atoms with E-state index in [-0.39, 0.29) is 24.8 Å². The van der Waals surface area contributed by atoms with Crippen LogP contribution in [0.3, 0.4) is 0 Å². The highest BCUT2D eigenvalue weighted by atomic mass is 19.3. The van der Waals surface area contributed by atoms with Gasteiger partial charge in [-0.25, -0.2) is 8.78 Å². The summed E-state index contributed by atoms with van der Waals surface area (Å²) in [4.78, 5) is 13.7. The van der Waals surface area contributed by atoms with E-state index in [1.165, 1.54) is 12.7 Å². The van der Waals surface area contributed by atoms with E-state index in [1.807, 2.05) is 23.1 Å². The molecule has 2 unspecified atom stereocenters. The highest BCUT2D eigenvalue weighted by molar-refractivity contribution is 5.82. The molecule has 0 aromatic heterocycles. The number of halogens is 2. The fraction of sp³-hybridized carbons (Fsp3) is 0.611. The minimum atomic E-state index is -2.65. The molecule has 2 aliphatic rings. The number of anilines is 2. The Morgan fingerprint density at radius 1 is 1.44 bits per heavy atom. The standard InChI is InChI=1S/C18H25F2N3O2/c1-21-17(24)11-23-8-6-12-3-4-13(9-15(12)23)22-14-5-7-18(19,20)10-16(14)25-2/h3-4,9,14,16,22H,5-8,10-11H2,1-2H3,(H,21,24). The lowest BCUT2D eigenvalue weighted by molar-refractivity contribution is -0.119. The number of carbonyl (C=O) groups excluding carboxylic acids is 1. The lowest BCUT2D eigenvalue weighted by atomic mass is 9.89. The van der Waals surface area contributed by atoms with E-state index >= 15 is 0 Å². The zero-order valence-electron chi connectivity index (χ0n) is 14.6. The second-order valence-electron chi connectivity index (χ2n) is 6.81. The molecular weight excluding hydrogens is 328 g/mol. The Morgan fingerprint density at radius 3 is 2.96 bits per heavy atom. The van der Waals surface area contributed by atoms with Crippen LogP contribution in [0.2, 0.25) is 0 Å². The van der Waals surface area contributed by atoms with Gasteiger partial charge >= 0.3 is 0 Å². The smallest absolute Gasteiger partial charge is 0.250 e. The molecule has 1 aromatic carbocycles. The summed E-state index contributed by atoms with van der Waals surface area (Å²) >= 11 is 0. The number of nitrogens with zero attached hydrogens (tertiary/aromatic N) is 1. The SMILES string of the molecule is CNC(=O)CN1CCc2ccc(NC3CCC(F)(F)CC3OC)cc21. The Balaban J connectivity index is 1.72. The summed E-state index contributed by atoms with van der Waals surface area (Å²) in [6.07, 6.45) is 0.375. The molecule has 0 spiro atoms. The number of amides is 1. The molecule has 1 aromatic rings. The van der Waals surface area contributed by atoms with Gasteiger partial charge in [0.1, 0.15) is 0 Å². The maximum Gasteiger partial charge on any atom is 0.250 e. The van der Waals surface area contributed by atoms with Gasteiger partial charge < -0.3 is 20.3 Å². The molecule has 0 radical (unpaired) electrons. The normalized spacial score (nSPS) is 24.7. The van der Waals surface area contributed by atoms with Gasteiger partial charge in [-0.05, 0) is 30.5 Å². The summed E-state index contributed by atoms with van der Waals surface area (Å²) in [5, 5.41) is 5.99. The molecule has 1 fully saturated rings. The van der Waals surface area contributed by atoms with E-state index in [4.69, 9.17) is 4.74 Å². The summed E-state index contributed by atoms with van der Waals surface area (Å²) in [6.45, 7) is 1.13. The van der Waals surface area contributed by atoms with Crippen LogP contribution in [0.15, 0.2) is 18.2 Å². The molecule has 1 aliphatic carbocycles. The average molecular weight is 353 g/mol. The average Bonchev–Trinajstić information content (AvgIpc) is 2.98. The van der Waals surface area contributed by atoms with Gasteiger partial charge in [0, 0.05) is 44.9 Å². The van der Waals surface area contributed by atoms with Crippen molar-refractivity contribution in [3.05, 3.63) is 23.8 Å². The van der Waals surface area contributed by atoms with Crippen molar-refractivity contribution in [1.82, 2.24) is 5.32 Å². The Kier molecular flexibility index (Phi) is 5.13. The van der Waals surface area contributed by atoms with Crippen LogP contribution in [0.4, 0.5) is 20.2 Å². The van der Waals surface area contributed by atoms with Gasteiger partial charge in [0.05, 0.1) is 18.7 Å². The van der Waals surface area contributed by atoms with Crippen molar-refractivity contribution in [3.63, 3.8) is 0 Å². The number of hydrogen-bond acceptors (Lipinski definition) is 4. The molecule has 2 atom stereocenters. The maximum atomic E-state index is 13.6. The van der Waals surface area contributed by atoms with Crippen molar-refractivity contribution in [1.29, 1.82) is 0 Å². The van der Waals surface area contributed by atoms with Crippen molar-refractivity contribution < 1.29 is 18.3 Å². The lowest BCUT2D eigenvalue weighted by Crippen LogP contribution is -2.44. The molecular formula is C18H25F2N3O2. The van der Waals surface area contributed by atoms with Crippen molar-refractivity contribution in [2.75, 3.05) is 37.5 Å². The van der Waals surface area contributed by atoms with E-state index in [9.17, 15) is 13.6 Å². The Labute approximate surface area is 146 Å². The minimum absolute atomic E-state index is 0.0276. The van der Waals surface area contributed by atoms with Crippen LogP contribution in [0.25, 0.3) is 0 Å². The number of carbonyl (C=O) groups is 1. The third-order valence-corrected chi connectivity index (χ3v) is 5.11. The van der Waals surface area contributed by atoms with Gasteiger partial charge in [-0.15, -0.1) is 0 Å². The lowest BCUT2D eigenvalue weighted by Gasteiger charge is -2.36. The molecule has 0 bridgehead atoms. The number of nitrogens with one attached hydrogen (secondary N) is 2. The summed E-state index contributed by atoms with van der Waals surface area (Å²) in [6, 6.07) is 5.88. The van der Waals surface area contributed by atoms with Crippen LogP contribution in [0.1, 0.15) is 24.8 Å². The number of hydrogen-bond donors (Lipinski definition) is 2. The highest BCUT2D eigenvalue weighted by Crippen LogP contribution is 2.37. The Bertz CT molecular complexity index is 639. The Hall–Kier alpha value is -1.89. The number of rotatable bonds is 5. The first-order chi connectivity index (χ1) is 11.9. The van der Waals surface area contributed by atoms with Gasteiger partial charge in [0.15, 0.2) is 0 Å². The van der Waals surface area contributed by atoms with Crippen molar-refractivity contribution >= 4 is 17.3 Å². The fourth-order valence-electron chi connectivity index (χ4n) is 3.67. The first kappa shape index (κ1) is 17.9. The zero-order valence-corrected chi connectivity index (χ0v) is 14.6. The van der Waals surface area contributed by atoms with Crippen LogP contribution >= 0.6 is 0 Å². The first-order valence-electron chi connectivity index (χ1n) is 8.67. The van der Waals surface area contributed by atoms with Crippen LogP contribution in [0, 0.1) is 0 Å². The number of benzene rings is 1. The number of ether oxygens (including phenoxy) is 1. The summed E-state index contributed by atoms with van der Waals surface area (Å²) in [7, 11) is 3.11. The number of likely N-dealkylation sites (N-methyl/N-ethyl adjacent to an activating group) is 1. The van der Waals surface area contributed by atoms with E-state index in [0.717, 1.165) is 24.3 Å². The van der Waals surface area contributed by atoms with Crippen LogP contribution < -0.4 is 15.5 Å². The number of methoxy groups -OCH3 is 1. The third-order valence-electron chi connectivity index (χ3n) is 5.11. The molecule has 1 saturated carbocycles. The third kappa shape index (κ3) is 4.03. The molecule has 0 saturated heterocycles. The van der Waals surface area contributed by atoms with Gasteiger partial charge in [0.25, 0.3) is 5.92 Å². The topological polar surface area (TPSA) is 53.6 Å². The minimum Gasteiger partial charge on any atom is -0.380 e. The molecule has 7 heteroatoms. The maximum absolute atomic E-state index is 13.6. The highest BCUT2D eigenvalue weighted by Gasteiger charge is 2.41. The largest absolute Gasteiger partial charge is 0.380 e. The first-order valence-corrected chi connectivity index (χ1v) is 8.67. The molecule has 1 aliphatic heterocycles. The van der Waals surface area contributed by atoms with E-state index in [1.54, 1.807) is 7.05 Å². The van der Waals surface area contributed by atoms with E-state index < -0.39 is 12.0 Å². The van der Waals surface area contributed by atoms with E-state index in [0.29, 0.717) is 13.0 Å². The predicted octanol–water partition coefficient (Wildman–Crippen LogP) is 2.41. The molecule has 25 heavy (non-hydrogen) atoms. The monoisotopic (exact) mass is 353 g/mol. The Morgan fingerprint density at radius 2 is 2.24 bits per heavy atom. The molecule has 1 amide bonds. The molecule has 138 valence electrons. The van der Waals surface area contributed by atoms with Crippen molar-refractivity contribution in [3.8, 4) is 0 Å². The van der Waals surface area contributed by atoms with Gasteiger partial charge in [-0.2, -0.15) is 0 Å². The summed E-state index contributed by atoms with van der Waals surface area (Å²) in [5.41, 5.74) is 3.11. The molecule has 5 nitrogen and oxygen atoms in total. The van der Waals surface area contributed by atoms with Crippen LogP contribution in [-0.2, 0) is 16.0 Å².